The summed E-state index contributed by atoms with van der Waals surface area (Å²) in [6.07, 6.45) is 13.6. The molecule has 0 spiro atoms. The van der Waals surface area contributed by atoms with Gasteiger partial charge in [0.2, 0.25) is 0 Å². The van der Waals surface area contributed by atoms with Crippen molar-refractivity contribution in [3.63, 3.8) is 0 Å². The van der Waals surface area contributed by atoms with Crippen molar-refractivity contribution in [3.05, 3.63) is 83.3 Å². The predicted molar refractivity (Wildman–Crippen MR) is 122 cm³/mol. The zero-order valence-corrected chi connectivity index (χ0v) is 18.1. The van der Waals surface area contributed by atoms with Crippen molar-refractivity contribution in [2.75, 3.05) is 0 Å². The quantitative estimate of drug-likeness (QED) is 0.538. The van der Waals surface area contributed by atoms with Crippen LogP contribution in [0.1, 0.15) is 25.5 Å². The molecule has 3 aromatic rings. The van der Waals surface area contributed by atoms with E-state index in [-0.39, 0.29) is 12.1 Å². The van der Waals surface area contributed by atoms with Crippen LogP contribution in [0.5, 0.6) is 0 Å². The lowest BCUT2D eigenvalue weighted by molar-refractivity contribution is 0.236. The Hall–Kier alpha value is -3.38. The third kappa shape index (κ3) is 4.86. The van der Waals surface area contributed by atoms with Crippen LogP contribution in [0.4, 0.5) is 4.79 Å². The maximum atomic E-state index is 12.7. The summed E-state index contributed by atoms with van der Waals surface area (Å²) < 4.78 is 6.72. The van der Waals surface area contributed by atoms with Gasteiger partial charge in [-0.2, -0.15) is 9.78 Å². The summed E-state index contributed by atoms with van der Waals surface area (Å²) in [5.41, 5.74) is 4.17. The van der Waals surface area contributed by atoms with E-state index in [4.69, 9.17) is 16.1 Å². The van der Waals surface area contributed by atoms with E-state index >= 15 is 0 Å². The van der Waals surface area contributed by atoms with Crippen LogP contribution in [0.25, 0.3) is 22.5 Å². The van der Waals surface area contributed by atoms with E-state index in [9.17, 15) is 4.79 Å². The van der Waals surface area contributed by atoms with Crippen molar-refractivity contribution in [2.24, 2.45) is 0 Å². The number of halogens is 1. The van der Waals surface area contributed by atoms with Gasteiger partial charge in [0.15, 0.2) is 0 Å². The SMILES string of the molecule is Cc1onc(-c2ccc(Cl)cc2)c1-c1ccn(C(=O)NC(C)CC2=CC=CC=CC2)n1. The fraction of sp³-hybridized carbons (Fsp3) is 0.208. The lowest BCUT2D eigenvalue weighted by atomic mass is 10.0. The Balaban J connectivity index is 1.49. The fourth-order valence-corrected chi connectivity index (χ4v) is 3.67. The summed E-state index contributed by atoms with van der Waals surface area (Å²) in [6, 6.07) is 8.84. The van der Waals surface area contributed by atoms with Gasteiger partial charge in [-0.1, -0.05) is 64.8 Å². The van der Waals surface area contributed by atoms with E-state index < -0.39 is 0 Å². The number of allylic oxidation sites excluding steroid dienone is 5. The molecule has 0 radical (unpaired) electrons. The Morgan fingerprint density at radius 1 is 1.23 bits per heavy atom. The number of nitrogens with zero attached hydrogens (tertiary/aromatic N) is 3. The molecule has 1 unspecified atom stereocenters. The van der Waals surface area contributed by atoms with Crippen molar-refractivity contribution in [3.8, 4) is 22.5 Å². The van der Waals surface area contributed by atoms with Gasteiger partial charge in [0.1, 0.15) is 11.5 Å². The number of aryl methyl sites for hydroxylation is 1. The minimum atomic E-state index is -0.277. The summed E-state index contributed by atoms with van der Waals surface area (Å²) in [6.45, 7) is 3.82. The van der Waals surface area contributed by atoms with Crippen molar-refractivity contribution in [1.82, 2.24) is 20.3 Å². The highest BCUT2D eigenvalue weighted by Gasteiger charge is 2.20. The first kappa shape index (κ1) is 20.9. The highest BCUT2D eigenvalue weighted by Crippen LogP contribution is 2.33. The molecule has 31 heavy (non-hydrogen) atoms. The fourth-order valence-electron chi connectivity index (χ4n) is 3.54. The molecule has 1 aromatic carbocycles. The van der Waals surface area contributed by atoms with Crippen LogP contribution in [0.2, 0.25) is 5.02 Å². The Morgan fingerprint density at radius 2 is 2.03 bits per heavy atom. The summed E-state index contributed by atoms with van der Waals surface area (Å²) in [5.74, 6) is 0.630. The second kappa shape index (κ2) is 9.18. The standard InChI is InChI=1S/C24H23ClN4O2/c1-16(15-18-7-5-3-4-6-8-18)26-24(30)29-14-13-21(27-29)22-17(2)31-28-23(22)19-9-11-20(25)12-10-19/h3-7,9-14,16H,8,15H2,1-2H3,(H,26,30). The average Bonchev–Trinajstić information content (AvgIpc) is 3.29. The average molecular weight is 435 g/mol. The third-order valence-electron chi connectivity index (χ3n) is 5.04. The lowest BCUT2D eigenvalue weighted by Crippen LogP contribution is -2.36. The van der Waals surface area contributed by atoms with Gasteiger partial charge in [-0.15, -0.1) is 0 Å². The minimum Gasteiger partial charge on any atom is -0.360 e. The molecule has 1 aliphatic rings. The maximum absolute atomic E-state index is 12.7. The zero-order chi connectivity index (χ0) is 21.8. The number of amides is 1. The number of hydrogen-bond acceptors (Lipinski definition) is 4. The Kier molecular flexibility index (Phi) is 6.18. The van der Waals surface area contributed by atoms with Gasteiger partial charge in [-0.25, -0.2) is 4.79 Å². The third-order valence-corrected chi connectivity index (χ3v) is 5.29. The molecule has 2 heterocycles. The summed E-state index contributed by atoms with van der Waals surface area (Å²) in [4.78, 5) is 12.7. The highest BCUT2D eigenvalue weighted by atomic mass is 35.5. The summed E-state index contributed by atoms with van der Waals surface area (Å²) >= 11 is 6.00. The van der Waals surface area contributed by atoms with Crippen molar-refractivity contribution < 1.29 is 9.32 Å². The molecule has 0 saturated carbocycles. The summed E-state index contributed by atoms with van der Waals surface area (Å²) in [7, 11) is 0. The normalized spacial score (nSPS) is 14.2. The summed E-state index contributed by atoms with van der Waals surface area (Å²) in [5, 5.41) is 12.3. The first-order valence-corrected chi connectivity index (χ1v) is 10.5. The number of aromatic nitrogens is 3. The second-order valence-electron chi connectivity index (χ2n) is 7.51. The van der Waals surface area contributed by atoms with Gasteiger partial charge >= 0.3 is 6.03 Å². The molecule has 0 saturated heterocycles. The van der Waals surface area contributed by atoms with Gasteiger partial charge in [-0.05, 0) is 44.9 Å². The number of benzene rings is 1. The van der Waals surface area contributed by atoms with Gasteiger partial charge < -0.3 is 9.84 Å². The van der Waals surface area contributed by atoms with E-state index in [0.29, 0.717) is 22.2 Å². The molecule has 1 atom stereocenters. The Labute approximate surface area is 185 Å². The van der Waals surface area contributed by atoms with Gasteiger partial charge in [-0.3, -0.25) is 0 Å². The van der Waals surface area contributed by atoms with Crippen LogP contribution in [0, 0.1) is 6.92 Å². The molecular weight excluding hydrogens is 412 g/mol. The van der Waals surface area contributed by atoms with E-state index in [0.717, 1.165) is 24.0 Å². The molecule has 1 amide bonds. The molecule has 158 valence electrons. The molecule has 1 N–H and O–H groups in total. The molecule has 0 fully saturated rings. The molecule has 7 heteroatoms. The molecule has 1 aliphatic carbocycles. The zero-order valence-electron chi connectivity index (χ0n) is 17.4. The second-order valence-corrected chi connectivity index (χ2v) is 7.95. The van der Waals surface area contributed by atoms with E-state index in [1.807, 2.05) is 44.2 Å². The highest BCUT2D eigenvalue weighted by molar-refractivity contribution is 6.30. The number of nitrogens with one attached hydrogen (secondary N) is 1. The van der Waals surface area contributed by atoms with E-state index in [1.54, 1.807) is 24.4 Å². The van der Waals surface area contributed by atoms with Gasteiger partial charge in [0.05, 0.1) is 11.3 Å². The van der Waals surface area contributed by atoms with Crippen molar-refractivity contribution in [2.45, 2.75) is 32.7 Å². The smallest absolute Gasteiger partial charge is 0.342 e. The largest absolute Gasteiger partial charge is 0.360 e. The molecule has 0 bridgehead atoms. The molecule has 6 nitrogen and oxygen atoms in total. The molecule has 2 aromatic heterocycles. The monoisotopic (exact) mass is 434 g/mol. The Morgan fingerprint density at radius 3 is 2.84 bits per heavy atom. The first-order valence-electron chi connectivity index (χ1n) is 10.1. The van der Waals surface area contributed by atoms with Crippen LogP contribution in [0.15, 0.2) is 77.0 Å². The van der Waals surface area contributed by atoms with E-state index in [1.165, 1.54) is 10.3 Å². The van der Waals surface area contributed by atoms with Crippen LogP contribution in [-0.4, -0.2) is 27.0 Å². The van der Waals surface area contributed by atoms with Crippen LogP contribution in [0.3, 0.4) is 0 Å². The topological polar surface area (TPSA) is 73.0 Å². The lowest BCUT2D eigenvalue weighted by Gasteiger charge is -2.15. The van der Waals surface area contributed by atoms with Crippen molar-refractivity contribution >= 4 is 17.6 Å². The predicted octanol–water partition coefficient (Wildman–Crippen LogP) is 5.95. The number of carbonyl (C=O) groups excluding carboxylic acids is 1. The first-order chi connectivity index (χ1) is 15.0. The number of carbonyl (C=O) groups is 1. The van der Waals surface area contributed by atoms with Crippen LogP contribution < -0.4 is 5.32 Å². The number of hydrogen-bond donors (Lipinski definition) is 1. The van der Waals surface area contributed by atoms with E-state index in [2.05, 4.69) is 27.7 Å². The van der Waals surface area contributed by atoms with Crippen LogP contribution >= 0.6 is 11.6 Å². The maximum Gasteiger partial charge on any atom is 0.342 e. The molecule has 0 aliphatic heterocycles. The van der Waals surface area contributed by atoms with Crippen LogP contribution in [-0.2, 0) is 0 Å². The molecular formula is C24H23ClN4O2. The van der Waals surface area contributed by atoms with Crippen molar-refractivity contribution in [1.29, 1.82) is 0 Å². The Bertz CT molecular complexity index is 1170. The number of rotatable bonds is 5. The molecule has 4 rings (SSSR count). The van der Waals surface area contributed by atoms with Gasteiger partial charge in [0.25, 0.3) is 0 Å². The van der Waals surface area contributed by atoms with Gasteiger partial charge in [0, 0.05) is 22.8 Å². The minimum absolute atomic E-state index is 0.0201.